The zero-order chi connectivity index (χ0) is 27.6. The number of aliphatic hydroxyl groups is 2. The number of hydrogen-bond acceptors (Lipinski definition) is 5. The molecule has 0 spiro atoms. The average molecular weight is 520 g/mol. The lowest BCUT2D eigenvalue weighted by molar-refractivity contribution is -0.321. The highest BCUT2D eigenvalue weighted by Crippen LogP contribution is 2.71. The molecule has 5 heteroatoms. The van der Waals surface area contributed by atoms with Crippen LogP contribution in [0.2, 0.25) is 0 Å². The van der Waals surface area contributed by atoms with Gasteiger partial charge in [0.1, 0.15) is 17.3 Å². The van der Waals surface area contributed by atoms with Crippen molar-refractivity contribution in [2.45, 2.75) is 149 Å². The van der Waals surface area contributed by atoms with E-state index in [9.17, 15) is 15.0 Å². The second-order valence-corrected chi connectivity index (χ2v) is 15.4. The fraction of sp³-hybridized carbons (Fsp3) is 0.969. The van der Waals surface area contributed by atoms with Crippen LogP contribution in [0.1, 0.15) is 126 Å². The Labute approximate surface area is 226 Å². The monoisotopic (exact) mass is 519 g/mol. The van der Waals surface area contributed by atoms with E-state index < -0.39 is 22.2 Å². The van der Waals surface area contributed by atoms with Crippen molar-refractivity contribution in [2.24, 2.45) is 52.1 Å². The van der Waals surface area contributed by atoms with Crippen LogP contribution < -0.4 is 5.73 Å². The Kier molecular flexibility index (Phi) is 7.74. The number of esters is 1. The minimum absolute atomic E-state index is 0.265. The van der Waals surface area contributed by atoms with Crippen LogP contribution in [0.4, 0.5) is 0 Å². The van der Waals surface area contributed by atoms with Crippen molar-refractivity contribution in [3.05, 3.63) is 0 Å². The normalized spacial score (nSPS) is 46.6. The summed E-state index contributed by atoms with van der Waals surface area (Å²) in [6.07, 6.45) is 10.7. The molecule has 0 aromatic rings. The van der Waals surface area contributed by atoms with Gasteiger partial charge in [0.05, 0.1) is 0 Å². The van der Waals surface area contributed by atoms with Crippen molar-refractivity contribution in [1.82, 2.24) is 0 Å². The number of rotatable bonds is 7. The third-order valence-corrected chi connectivity index (χ3v) is 12.5. The highest BCUT2D eigenvalue weighted by molar-refractivity contribution is 5.66. The van der Waals surface area contributed by atoms with Gasteiger partial charge in [0.2, 0.25) is 0 Å². The molecule has 5 nitrogen and oxygen atoms in total. The molecule has 37 heavy (non-hydrogen) atoms. The third-order valence-electron chi connectivity index (χ3n) is 12.5. The zero-order valence-corrected chi connectivity index (χ0v) is 25.1. The molecule has 0 bridgehead atoms. The Morgan fingerprint density at radius 1 is 1.00 bits per heavy atom. The van der Waals surface area contributed by atoms with Gasteiger partial charge in [-0.1, -0.05) is 53.9 Å². The summed E-state index contributed by atoms with van der Waals surface area (Å²) in [5, 5.41) is 25.1. The molecule has 4 rings (SSSR count). The maximum Gasteiger partial charge on any atom is 0.302 e. The Morgan fingerprint density at radius 2 is 1.68 bits per heavy atom. The molecule has 10 atom stereocenters. The molecule has 4 aliphatic rings. The average Bonchev–Trinajstić information content (AvgIpc) is 3.12. The molecule has 4 aliphatic carbocycles. The van der Waals surface area contributed by atoms with Crippen LogP contribution >= 0.6 is 0 Å². The van der Waals surface area contributed by atoms with Crippen molar-refractivity contribution >= 4 is 5.97 Å². The fourth-order valence-electron chi connectivity index (χ4n) is 10.5. The van der Waals surface area contributed by atoms with Gasteiger partial charge in [-0.15, -0.1) is 0 Å². The van der Waals surface area contributed by atoms with Gasteiger partial charge in [-0.3, -0.25) is 4.79 Å². The smallest absolute Gasteiger partial charge is 0.302 e. The largest absolute Gasteiger partial charge is 0.462 e. The molecular weight excluding hydrogens is 462 g/mol. The molecule has 0 aromatic heterocycles. The van der Waals surface area contributed by atoms with Crippen LogP contribution in [0.25, 0.3) is 0 Å². The second kappa shape index (κ2) is 9.77. The van der Waals surface area contributed by atoms with Crippen molar-refractivity contribution in [3.8, 4) is 0 Å². The highest BCUT2D eigenvalue weighted by Gasteiger charge is 2.74. The number of carbonyl (C=O) groups is 1. The number of fused-ring (bicyclic) bond motifs is 5. The molecule has 0 saturated heterocycles. The highest BCUT2D eigenvalue weighted by atomic mass is 16.5. The van der Waals surface area contributed by atoms with E-state index in [0.717, 1.165) is 37.0 Å². The van der Waals surface area contributed by atoms with Gasteiger partial charge in [-0.25, -0.2) is 0 Å². The van der Waals surface area contributed by atoms with E-state index in [2.05, 4.69) is 34.6 Å². The van der Waals surface area contributed by atoms with Crippen LogP contribution in [0.3, 0.4) is 0 Å². The summed E-state index contributed by atoms with van der Waals surface area (Å²) in [6.45, 7) is 17.1. The molecule has 0 aliphatic heterocycles. The minimum Gasteiger partial charge on any atom is -0.462 e. The predicted molar refractivity (Wildman–Crippen MR) is 149 cm³/mol. The van der Waals surface area contributed by atoms with Gasteiger partial charge in [0.25, 0.3) is 0 Å². The number of carbonyl (C=O) groups excluding carboxylic acids is 1. The Balaban J connectivity index is 1.66. The molecule has 0 heterocycles. The molecule has 0 unspecified atom stereocenters. The molecular formula is C32H57NO4. The van der Waals surface area contributed by atoms with Gasteiger partial charge in [-0.05, 0) is 99.7 Å². The van der Waals surface area contributed by atoms with Crippen molar-refractivity contribution in [1.29, 1.82) is 0 Å². The van der Waals surface area contributed by atoms with Crippen LogP contribution in [0.15, 0.2) is 0 Å². The van der Waals surface area contributed by atoms with E-state index in [1.165, 1.54) is 45.4 Å². The second-order valence-electron chi connectivity index (χ2n) is 15.4. The van der Waals surface area contributed by atoms with Gasteiger partial charge in [0, 0.05) is 24.3 Å². The summed E-state index contributed by atoms with van der Waals surface area (Å²) >= 11 is 0. The summed E-state index contributed by atoms with van der Waals surface area (Å²) in [4.78, 5) is 11.8. The zero-order valence-electron chi connectivity index (χ0n) is 25.1. The van der Waals surface area contributed by atoms with Crippen LogP contribution in [-0.4, -0.2) is 39.0 Å². The van der Waals surface area contributed by atoms with E-state index in [-0.39, 0.29) is 18.5 Å². The topological polar surface area (TPSA) is 92.8 Å². The Hall–Kier alpha value is -0.650. The van der Waals surface area contributed by atoms with E-state index in [1.54, 1.807) is 0 Å². The van der Waals surface area contributed by atoms with Crippen molar-refractivity contribution < 1.29 is 19.7 Å². The first-order chi connectivity index (χ1) is 17.0. The first-order valence-corrected chi connectivity index (χ1v) is 15.4. The van der Waals surface area contributed by atoms with E-state index in [0.29, 0.717) is 29.6 Å². The summed E-state index contributed by atoms with van der Waals surface area (Å²) in [5.74, 6) is 3.17. The van der Waals surface area contributed by atoms with Crippen molar-refractivity contribution in [3.63, 3.8) is 0 Å². The summed E-state index contributed by atoms with van der Waals surface area (Å²) in [7, 11) is 0. The number of ether oxygens (including phenoxy) is 1. The predicted octanol–water partition coefficient (Wildman–Crippen LogP) is 6.23. The molecule has 4 fully saturated rings. The number of hydrogen-bond donors (Lipinski definition) is 3. The van der Waals surface area contributed by atoms with Gasteiger partial charge in [-0.2, -0.15) is 0 Å². The van der Waals surface area contributed by atoms with Gasteiger partial charge >= 0.3 is 5.97 Å². The lowest BCUT2D eigenvalue weighted by Gasteiger charge is -2.71. The maximum absolute atomic E-state index is 12.6. The van der Waals surface area contributed by atoms with Crippen LogP contribution in [-0.2, 0) is 9.53 Å². The van der Waals surface area contributed by atoms with E-state index >= 15 is 0 Å². The standard InChI is InChI=1S/C32H57NO4/c1-20(2)10-9-11-21(3)25-12-13-26-24-19-31(35,28(5,6)33)32(36)18-23(37-22(4)34)14-17-30(32,8)27(24)15-16-29(25,26)7/h20-21,23-27,35-36H,9-19,33H2,1-8H3/t21-,23+,24+,25-,26+,27+,29-,30-,31+,32-/m1/s1. The summed E-state index contributed by atoms with van der Waals surface area (Å²) < 4.78 is 5.61. The molecule has 0 radical (unpaired) electrons. The molecule has 4 N–H and O–H groups in total. The third kappa shape index (κ3) is 4.51. The van der Waals surface area contributed by atoms with Crippen LogP contribution in [0.5, 0.6) is 0 Å². The Bertz CT molecular complexity index is 852. The quantitative estimate of drug-likeness (QED) is 0.347. The lowest BCUT2D eigenvalue weighted by Crippen LogP contribution is -2.80. The Morgan fingerprint density at radius 3 is 2.27 bits per heavy atom. The van der Waals surface area contributed by atoms with E-state index in [4.69, 9.17) is 10.5 Å². The van der Waals surface area contributed by atoms with Gasteiger partial charge < -0.3 is 20.7 Å². The molecule has 214 valence electrons. The van der Waals surface area contributed by atoms with Gasteiger partial charge in [0.15, 0.2) is 0 Å². The molecule has 4 saturated carbocycles. The maximum atomic E-state index is 12.6. The summed E-state index contributed by atoms with van der Waals surface area (Å²) in [6, 6.07) is 0. The minimum atomic E-state index is -1.45. The number of nitrogens with two attached hydrogens (primary N) is 1. The SMILES string of the molecule is CC(=O)O[C@H]1CC[C@]2(C)[C@H]3CC[C@]4(C)[C@@H]([C@H](C)CCCC(C)C)CC[C@H]4[C@@H]3C[C@](O)(C(C)(C)N)[C@@]2(O)C1. The first-order valence-electron chi connectivity index (χ1n) is 15.4. The first kappa shape index (κ1) is 29.3. The lowest BCUT2D eigenvalue weighted by atomic mass is 9.38. The van der Waals surface area contributed by atoms with E-state index in [1.807, 2.05) is 13.8 Å². The van der Waals surface area contributed by atoms with Crippen molar-refractivity contribution in [2.75, 3.05) is 0 Å². The molecule has 0 aromatic carbocycles. The summed E-state index contributed by atoms with van der Waals surface area (Å²) in [5.41, 5.74) is 2.77. The molecule has 0 amide bonds. The fourth-order valence-corrected chi connectivity index (χ4v) is 10.5. The van der Waals surface area contributed by atoms with Crippen LogP contribution in [0, 0.1) is 46.3 Å².